The third-order valence-corrected chi connectivity index (χ3v) is 2.55. The molecule has 0 fully saturated rings. The summed E-state index contributed by atoms with van der Waals surface area (Å²) in [7, 11) is 0. The number of nitrogens with two attached hydrogens (primary N) is 1. The third-order valence-electron chi connectivity index (χ3n) is 2.55. The monoisotopic (exact) mass is 242 g/mol. The van der Waals surface area contributed by atoms with Crippen LogP contribution in [0.4, 0.5) is 5.69 Å². The van der Waals surface area contributed by atoms with E-state index < -0.39 is 5.91 Å². The predicted octanol–water partition coefficient (Wildman–Crippen LogP) is 2.10. The second-order valence-corrected chi connectivity index (χ2v) is 3.97. The fourth-order valence-corrected chi connectivity index (χ4v) is 1.65. The average Bonchev–Trinajstić information content (AvgIpc) is 2.37. The smallest absolute Gasteiger partial charge is 0.248 e. The molecule has 0 aliphatic rings. The van der Waals surface area contributed by atoms with E-state index in [4.69, 9.17) is 5.73 Å². The van der Waals surface area contributed by atoms with Crippen LogP contribution in [0.25, 0.3) is 0 Å². The van der Waals surface area contributed by atoms with Crippen molar-refractivity contribution in [2.45, 2.75) is 6.54 Å². The standard InChI is InChI=1S/C14H14N2O2/c15-14(18)11-4-2-5-12(8-11)16-9-10-3-1-6-13(17)7-10/h1-8,16-17H,9H2,(H2,15,18). The van der Waals surface area contributed by atoms with Gasteiger partial charge in [-0.2, -0.15) is 0 Å². The summed E-state index contributed by atoms with van der Waals surface area (Å²) in [6.45, 7) is 0.566. The molecule has 4 heteroatoms. The third kappa shape index (κ3) is 3.01. The molecule has 18 heavy (non-hydrogen) atoms. The quantitative estimate of drug-likeness (QED) is 0.768. The van der Waals surface area contributed by atoms with Crippen LogP contribution in [0.15, 0.2) is 48.5 Å². The summed E-state index contributed by atoms with van der Waals surface area (Å²) in [6.07, 6.45) is 0. The molecular formula is C14H14N2O2. The lowest BCUT2D eigenvalue weighted by Gasteiger charge is -2.07. The van der Waals surface area contributed by atoms with Gasteiger partial charge in [-0.3, -0.25) is 4.79 Å². The highest BCUT2D eigenvalue weighted by atomic mass is 16.3. The summed E-state index contributed by atoms with van der Waals surface area (Å²) in [6, 6.07) is 14.0. The molecule has 0 saturated heterocycles. The van der Waals surface area contributed by atoms with E-state index in [9.17, 15) is 9.90 Å². The van der Waals surface area contributed by atoms with E-state index in [1.54, 1.807) is 36.4 Å². The normalized spacial score (nSPS) is 10.0. The Balaban J connectivity index is 2.06. The van der Waals surface area contributed by atoms with Gasteiger partial charge in [0.25, 0.3) is 0 Å². The Kier molecular flexibility index (Phi) is 3.48. The van der Waals surface area contributed by atoms with Crippen LogP contribution in [-0.4, -0.2) is 11.0 Å². The zero-order valence-electron chi connectivity index (χ0n) is 9.76. The number of nitrogens with one attached hydrogen (secondary N) is 1. The Morgan fingerprint density at radius 2 is 1.94 bits per heavy atom. The van der Waals surface area contributed by atoms with Crippen molar-refractivity contribution in [3.8, 4) is 5.75 Å². The molecule has 0 bridgehead atoms. The maximum Gasteiger partial charge on any atom is 0.248 e. The number of hydrogen-bond donors (Lipinski definition) is 3. The van der Waals surface area contributed by atoms with Crippen molar-refractivity contribution >= 4 is 11.6 Å². The average molecular weight is 242 g/mol. The minimum atomic E-state index is -0.448. The predicted molar refractivity (Wildman–Crippen MR) is 70.4 cm³/mol. The van der Waals surface area contributed by atoms with Crippen molar-refractivity contribution in [1.82, 2.24) is 0 Å². The van der Waals surface area contributed by atoms with Crippen LogP contribution in [0.1, 0.15) is 15.9 Å². The van der Waals surface area contributed by atoms with Gasteiger partial charge in [-0.25, -0.2) is 0 Å². The molecule has 0 heterocycles. The molecule has 1 amide bonds. The highest BCUT2D eigenvalue weighted by molar-refractivity contribution is 5.93. The van der Waals surface area contributed by atoms with Gasteiger partial charge in [-0.05, 0) is 35.9 Å². The Morgan fingerprint density at radius 3 is 2.67 bits per heavy atom. The molecule has 2 rings (SSSR count). The Bertz CT molecular complexity index is 567. The Morgan fingerprint density at radius 1 is 1.17 bits per heavy atom. The van der Waals surface area contributed by atoms with E-state index in [1.807, 2.05) is 12.1 Å². The van der Waals surface area contributed by atoms with Crippen molar-refractivity contribution < 1.29 is 9.90 Å². The summed E-state index contributed by atoms with van der Waals surface area (Å²) in [5, 5.41) is 12.5. The maximum absolute atomic E-state index is 11.0. The first-order valence-electron chi connectivity index (χ1n) is 5.57. The van der Waals surface area contributed by atoms with E-state index in [0.717, 1.165) is 11.3 Å². The van der Waals surface area contributed by atoms with Gasteiger partial charge in [0.05, 0.1) is 0 Å². The molecule has 0 radical (unpaired) electrons. The van der Waals surface area contributed by atoms with Crippen LogP contribution in [0.3, 0.4) is 0 Å². The fraction of sp³-hybridized carbons (Fsp3) is 0.0714. The summed E-state index contributed by atoms with van der Waals surface area (Å²) in [4.78, 5) is 11.0. The fourth-order valence-electron chi connectivity index (χ4n) is 1.65. The lowest BCUT2D eigenvalue weighted by Crippen LogP contribution is -2.11. The maximum atomic E-state index is 11.0. The summed E-state index contributed by atoms with van der Waals surface area (Å²) in [5.74, 6) is -0.212. The lowest BCUT2D eigenvalue weighted by atomic mass is 10.1. The van der Waals surface area contributed by atoms with E-state index in [2.05, 4.69) is 5.32 Å². The summed E-state index contributed by atoms with van der Waals surface area (Å²) in [5.41, 5.74) is 7.45. The van der Waals surface area contributed by atoms with Crippen molar-refractivity contribution in [3.63, 3.8) is 0 Å². The molecule has 0 aliphatic carbocycles. The first-order chi connectivity index (χ1) is 8.65. The highest BCUT2D eigenvalue weighted by Crippen LogP contribution is 2.14. The van der Waals surface area contributed by atoms with Gasteiger partial charge in [0.2, 0.25) is 5.91 Å². The molecule has 0 aliphatic heterocycles. The van der Waals surface area contributed by atoms with Crippen molar-refractivity contribution in [1.29, 1.82) is 0 Å². The second-order valence-electron chi connectivity index (χ2n) is 3.97. The first kappa shape index (κ1) is 12.0. The molecule has 2 aromatic carbocycles. The van der Waals surface area contributed by atoms with E-state index in [1.165, 1.54) is 0 Å². The van der Waals surface area contributed by atoms with Crippen LogP contribution in [0.2, 0.25) is 0 Å². The number of anilines is 1. The van der Waals surface area contributed by atoms with E-state index in [0.29, 0.717) is 12.1 Å². The van der Waals surface area contributed by atoms with Crippen molar-refractivity contribution in [2.75, 3.05) is 5.32 Å². The number of carbonyl (C=O) groups is 1. The zero-order valence-corrected chi connectivity index (χ0v) is 9.76. The first-order valence-corrected chi connectivity index (χ1v) is 5.57. The minimum absolute atomic E-state index is 0.236. The molecule has 0 saturated carbocycles. The van der Waals surface area contributed by atoms with E-state index >= 15 is 0 Å². The van der Waals surface area contributed by atoms with E-state index in [-0.39, 0.29) is 5.75 Å². The van der Waals surface area contributed by atoms with Crippen LogP contribution < -0.4 is 11.1 Å². The molecular weight excluding hydrogens is 228 g/mol. The number of phenols is 1. The van der Waals surface area contributed by atoms with Crippen LogP contribution in [-0.2, 0) is 6.54 Å². The van der Waals surface area contributed by atoms with Crippen LogP contribution >= 0.6 is 0 Å². The number of benzene rings is 2. The molecule has 4 N–H and O–H groups in total. The van der Waals surface area contributed by atoms with Gasteiger partial charge in [-0.1, -0.05) is 18.2 Å². The van der Waals surface area contributed by atoms with Gasteiger partial charge < -0.3 is 16.2 Å². The second kappa shape index (κ2) is 5.23. The molecule has 0 spiro atoms. The van der Waals surface area contributed by atoms with Crippen LogP contribution in [0, 0.1) is 0 Å². The van der Waals surface area contributed by atoms with Gasteiger partial charge in [0.15, 0.2) is 0 Å². The Labute approximate surface area is 105 Å². The molecule has 0 atom stereocenters. The number of aromatic hydroxyl groups is 1. The molecule has 4 nitrogen and oxygen atoms in total. The van der Waals surface area contributed by atoms with Gasteiger partial charge in [0, 0.05) is 17.8 Å². The topological polar surface area (TPSA) is 75.4 Å². The molecule has 2 aromatic rings. The zero-order chi connectivity index (χ0) is 13.0. The minimum Gasteiger partial charge on any atom is -0.508 e. The largest absolute Gasteiger partial charge is 0.508 e. The van der Waals surface area contributed by atoms with Gasteiger partial charge >= 0.3 is 0 Å². The number of hydrogen-bond acceptors (Lipinski definition) is 3. The SMILES string of the molecule is NC(=O)c1cccc(NCc2cccc(O)c2)c1. The molecule has 92 valence electrons. The number of phenolic OH excluding ortho intramolecular Hbond substituents is 1. The van der Waals surface area contributed by atoms with Gasteiger partial charge in [-0.15, -0.1) is 0 Å². The summed E-state index contributed by atoms with van der Waals surface area (Å²) >= 11 is 0. The highest BCUT2D eigenvalue weighted by Gasteiger charge is 2.01. The lowest BCUT2D eigenvalue weighted by molar-refractivity contribution is 0.100. The number of primary amides is 1. The van der Waals surface area contributed by atoms with Crippen molar-refractivity contribution in [2.24, 2.45) is 5.73 Å². The summed E-state index contributed by atoms with van der Waals surface area (Å²) < 4.78 is 0. The molecule has 0 unspecified atom stereocenters. The van der Waals surface area contributed by atoms with Gasteiger partial charge in [0.1, 0.15) is 5.75 Å². The Hall–Kier alpha value is -2.49. The van der Waals surface area contributed by atoms with Crippen LogP contribution in [0.5, 0.6) is 5.75 Å². The number of rotatable bonds is 4. The number of carbonyl (C=O) groups excluding carboxylic acids is 1. The van der Waals surface area contributed by atoms with Crippen molar-refractivity contribution in [3.05, 3.63) is 59.7 Å². The number of amides is 1. The molecule has 0 aromatic heterocycles.